The third kappa shape index (κ3) is 1.37. The summed E-state index contributed by atoms with van der Waals surface area (Å²) in [5, 5.41) is 0. The maximum absolute atomic E-state index is 5.48. The van der Waals surface area contributed by atoms with E-state index >= 15 is 0 Å². The topological polar surface area (TPSA) is 12.4 Å². The lowest BCUT2D eigenvalue weighted by atomic mass is 9.87. The van der Waals surface area contributed by atoms with E-state index in [2.05, 4.69) is 4.99 Å². The fraction of sp³-hybridized carbons (Fsp3) is 0.167. The molecule has 0 aromatic carbocycles. The first-order valence-electron chi connectivity index (χ1n) is 2.52. The number of nitrogens with zero attached hydrogens (tertiary/aromatic N) is 1. The van der Waals surface area contributed by atoms with Crippen molar-refractivity contribution in [1.29, 1.82) is 0 Å². The fourth-order valence-electron chi connectivity index (χ4n) is 0.491. The van der Waals surface area contributed by atoms with E-state index in [0.717, 1.165) is 0 Å². The van der Waals surface area contributed by atoms with Crippen molar-refractivity contribution in [2.24, 2.45) is 4.99 Å². The molecule has 0 aromatic heterocycles. The molecule has 38 valence electrons. The van der Waals surface area contributed by atoms with Crippen LogP contribution in [0, 0.1) is 0 Å². The minimum Gasteiger partial charge on any atom is -0.265 e. The standard InChI is InChI=1S/C6H6BN/c7-6-2-1-4-8-5-3-6/h1-6H. The maximum Gasteiger partial charge on any atom is 0.0812 e. The van der Waals surface area contributed by atoms with Crippen molar-refractivity contribution >= 4 is 14.1 Å². The van der Waals surface area contributed by atoms with Crippen molar-refractivity contribution in [1.82, 2.24) is 0 Å². The van der Waals surface area contributed by atoms with Crippen molar-refractivity contribution in [2.45, 2.75) is 5.82 Å². The van der Waals surface area contributed by atoms with Crippen molar-refractivity contribution < 1.29 is 0 Å². The smallest absolute Gasteiger partial charge is 0.0812 e. The molecular weight excluding hydrogens is 96.9 g/mol. The zero-order valence-electron chi connectivity index (χ0n) is 4.49. The molecule has 0 spiro atoms. The van der Waals surface area contributed by atoms with E-state index < -0.39 is 0 Å². The quantitative estimate of drug-likeness (QED) is 0.407. The van der Waals surface area contributed by atoms with E-state index in [1.54, 1.807) is 12.4 Å². The van der Waals surface area contributed by atoms with E-state index in [1.807, 2.05) is 18.2 Å². The summed E-state index contributed by atoms with van der Waals surface area (Å²) in [5.74, 6) is 0.0394. The van der Waals surface area contributed by atoms with Gasteiger partial charge in [0.1, 0.15) is 0 Å². The molecule has 2 radical (unpaired) electrons. The van der Waals surface area contributed by atoms with Gasteiger partial charge in [-0.25, -0.2) is 0 Å². The lowest BCUT2D eigenvalue weighted by molar-refractivity contribution is 1.37. The first-order valence-corrected chi connectivity index (χ1v) is 2.52. The van der Waals surface area contributed by atoms with Gasteiger partial charge in [-0.2, -0.15) is 0 Å². The van der Waals surface area contributed by atoms with Crippen LogP contribution in [0.5, 0.6) is 0 Å². The van der Waals surface area contributed by atoms with Crippen LogP contribution < -0.4 is 0 Å². The molecule has 0 N–H and O–H groups in total. The summed E-state index contributed by atoms with van der Waals surface area (Å²) in [5.41, 5.74) is 0. The van der Waals surface area contributed by atoms with Gasteiger partial charge in [0, 0.05) is 12.4 Å². The molecule has 1 aliphatic rings. The van der Waals surface area contributed by atoms with Crippen molar-refractivity contribution in [2.75, 3.05) is 0 Å². The Morgan fingerprint density at radius 1 is 1.38 bits per heavy atom. The van der Waals surface area contributed by atoms with Gasteiger partial charge in [-0.15, -0.1) is 0 Å². The Balaban J connectivity index is 2.66. The van der Waals surface area contributed by atoms with Gasteiger partial charge in [-0.05, 0) is 11.9 Å². The van der Waals surface area contributed by atoms with Gasteiger partial charge in [0.05, 0.1) is 7.85 Å². The Labute approximate surface area is 50.2 Å². The number of hydrogen-bond donors (Lipinski definition) is 0. The summed E-state index contributed by atoms with van der Waals surface area (Å²) in [7, 11) is 5.48. The largest absolute Gasteiger partial charge is 0.265 e. The van der Waals surface area contributed by atoms with Crippen molar-refractivity contribution in [3.05, 3.63) is 24.4 Å². The average molecular weight is 103 g/mol. The summed E-state index contributed by atoms with van der Waals surface area (Å²) in [6.07, 6.45) is 8.96. The number of aliphatic imine (C=N–C) groups is 1. The van der Waals surface area contributed by atoms with E-state index in [4.69, 9.17) is 7.85 Å². The van der Waals surface area contributed by atoms with E-state index in [1.165, 1.54) is 0 Å². The number of hydrogen-bond acceptors (Lipinski definition) is 1. The van der Waals surface area contributed by atoms with Gasteiger partial charge < -0.3 is 0 Å². The van der Waals surface area contributed by atoms with Gasteiger partial charge in [-0.1, -0.05) is 12.2 Å². The molecule has 1 nitrogen and oxygen atoms in total. The van der Waals surface area contributed by atoms with Crippen LogP contribution in [0.1, 0.15) is 0 Å². The maximum atomic E-state index is 5.48. The second-order valence-corrected chi connectivity index (χ2v) is 1.60. The molecule has 0 amide bonds. The Morgan fingerprint density at radius 3 is 3.12 bits per heavy atom. The molecular formula is C6H6BN. The first-order chi connectivity index (χ1) is 3.89. The minimum absolute atomic E-state index is 0.0394. The van der Waals surface area contributed by atoms with Gasteiger partial charge in [0.2, 0.25) is 0 Å². The molecule has 0 saturated heterocycles. The van der Waals surface area contributed by atoms with Crippen LogP contribution in [0.25, 0.3) is 0 Å². The highest BCUT2D eigenvalue weighted by Crippen LogP contribution is 2.03. The lowest BCUT2D eigenvalue weighted by Gasteiger charge is -1.90. The zero-order valence-corrected chi connectivity index (χ0v) is 4.49. The highest BCUT2D eigenvalue weighted by molar-refractivity contribution is 6.14. The predicted octanol–water partition coefficient (Wildman–Crippen LogP) is 1.10. The first kappa shape index (κ1) is 5.35. The van der Waals surface area contributed by atoms with E-state index in [-0.39, 0.29) is 5.82 Å². The summed E-state index contributed by atoms with van der Waals surface area (Å²) in [4.78, 5) is 3.85. The Morgan fingerprint density at radius 2 is 2.25 bits per heavy atom. The van der Waals surface area contributed by atoms with Gasteiger partial charge in [0.15, 0.2) is 0 Å². The van der Waals surface area contributed by atoms with Gasteiger partial charge >= 0.3 is 0 Å². The highest BCUT2D eigenvalue weighted by Gasteiger charge is 1.87. The molecule has 1 heterocycles. The van der Waals surface area contributed by atoms with Crippen LogP contribution in [-0.2, 0) is 0 Å². The molecule has 1 atom stereocenters. The SMILES string of the molecule is [B]C1C=CC=NC=C1. The monoisotopic (exact) mass is 103 g/mol. The van der Waals surface area contributed by atoms with Crippen LogP contribution >= 0.6 is 0 Å². The van der Waals surface area contributed by atoms with Gasteiger partial charge in [-0.3, -0.25) is 4.99 Å². The predicted molar refractivity (Wildman–Crippen MR) is 36.3 cm³/mol. The second-order valence-electron chi connectivity index (χ2n) is 1.60. The molecule has 2 heteroatoms. The third-order valence-corrected chi connectivity index (χ3v) is 0.900. The van der Waals surface area contributed by atoms with Crippen LogP contribution in [0.2, 0.25) is 5.82 Å². The molecule has 1 aliphatic heterocycles. The van der Waals surface area contributed by atoms with Crippen LogP contribution in [0.15, 0.2) is 29.4 Å². The summed E-state index contributed by atoms with van der Waals surface area (Å²) in [6.45, 7) is 0. The summed E-state index contributed by atoms with van der Waals surface area (Å²) >= 11 is 0. The molecule has 0 aromatic rings. The molecule has 8 heavy (non-hydrogen) atoms. The normalized spacial score (nSPS) is 25.8. The molecule has 0 saturated carbocycles. The van der Waals surface area contributed by atoms with E-state index in [0.29, 0.717) is 0 Å². The summed E-state index contributed by atoms with van der Waals surface area (Å²) in [6, 6.07) is 0. The second kappa shape index (κ2) is 2.50. The van der Waals surface area contributed by atoms with Crippen LogP contribution in [0.4, 0.5) is 0 Å². The molecule has 1 unspecified atom stereocenters. The summed E-state index contributed by atoms with van der Waals surface area (Å²) < 4.78 is 0. The van der Waals surface area contributed by atoms with Crippen molar-refractivity contribution in [3.63, 3.8) is 0 Å². The average Bonchev–Trinajstić information content (AvgIpc) is 1.94. The molecule has 0 aliphatic carbocycles. The fourth-order valence-corrected chi connectivity index (χ4v) is 0.491. The molecule has 0 fully saturated rings. The van der Waals surface area contributed by atoms with Crippen LogP contribution in [0.3, 0.4) is 0 Å². The Bertz CT molecular complexity index is 131. The minimum atomic E-state index is 0.0394. The molecule has 0 bridgehead atoms. The van der Waals surface area contributed by atoms with Crippen LogP contribution in [-0.4, -0.2) is 14.1 Å². The van der Waals surface area contributed by atoms with E-state index in [9.17, 15) is 0 Å². The Hall–Kier alpha value is -0.785. The number of rotatable bonds is 0. The van der Waals surface area contributed by atoms with Gasteiger partial charge in [0.25, 0.3) is 0 Å². The highest BCUT2D eigenvalue weighted by atomic mass is 14.7. The third-order valence-electron chi connectivity index (χ3n) is 0.900. The lowest BCUT2D eigenvalue weighted by Crippen LogP contribution is -1.77. The zero-order chi connectivity index (χ0) is 5.82. The number of allylic oxidation sites excluding steroid dienone is 3. The molecule has 1 rings (SSSR count). The Kier molecular flexibility index (Phi) is 1.68. The van der Waals surface area contributed by atoms with Crippen molar-refractivity contribution in [3.8, 4) is 0 Å².